The van der Waals surface area contributed by atoms with E-state index in [-0.39, 0.29) is 36.4 Å². The topological polar surface area (TPSA) is 130 Å². The number of aromatic nitrogens is 1. The fourth-order valence-electron chi connectivity index (χ4n) is 4.48. The smallest absolute Gasteiger partial charge is 0.410 e. The van der Waals surface area contributed by atoms with Gasteiger partial charge in [-0.05, 0) is 40.0 Å². The summed E-state index contributed by atoms with van der Waals surface area (Å²) in [5, 5.41) is 9.03. The van der Waals surface area contributed by atoms with E-state index in [1.165, 1.54) is 14.4 Å². The van der Waals surface area contributed by atoms with Gasteiger partial charge in [0.2, 0.25) is 5.43 Å². The summed E-state index contributed by atoms with van der Waals surface area (Å²) in [5.41, 5.74) is -1.22. The molecule has 2 fully saturated rings. The quantitative estimate of drug-likeness (QED) is 0.428. The second-order valence-corrected chi connectivity index (χ2v) is 10.0. The third-order valence-electron chi connectivity index (χ3n) is 6.35. The van der Waals surface area contributed by atoms with Gasteiger partial charge in [-0.1, -0.05) is 0 Å². The van der Waals surface area contributed by atoms with Crippen molar-refractivity contribution in [3.05, 3.63) is 33.6 Å². The summed E-state index contributed by atoms with van der Waals surface area (Å²) in [7, 11) is 1.57. The molecule has 0 spiro atoms. The zero-order valence-electron chi connectivity index (χ0n) is 20.0. The molecule has 35 heavy (non-hydrogen) atoms. The van der Waals surface area contributed by atoms with E-state index in [9.17, 15) is 19.5 Å². The average molecular weight is 494 g/mol. The van der Waals surface area contributed by atoms with Gasteiger partial charge < -0.3 is 29.6 Å². The van der Waals surface area contributed by atoms with Crippen LogP contribution in [0.1, 0.15) is 56.4 Å². The molecular formula is C23H29F2N5O5. The highest BCUT2D eigenvalue weighted by Gasteiger charge is 2.37. The number of anilines is 2. The number of amides is 1. The number of carbonyl (C=O) groups is 2. The molecule has 10 nitrogen and oxygen atoms in total. The Morgan fingerprint density at radius 1 is 1.23 bits per heavy atom. The van der Waals surface area contributed by atoms with Crippen molar-refractivity contribution in [1.29, 1.82) is 0 Å². The zero-order valence-corrected chi connectivity index (χ0v) is 20.0. The predicted molar refractivity (Wildman–Crippen MR) is 126 cm³/mol. The van der Waals surface area contributed by atoms with Gasteiger partial charge in [0.1, 0.15) is 22.5 Å². The largest absolute Gasteiger partial charge is 0.477 e. The molecular weight excluding hydrogens is 464 g/mol. The molecule has 1 saturated carbocycles. The number of carboxylic acid groups (broad SMARTS) is 1. The Hall–Kier alpha value is -3.41. The van der Waals surface area contributed by atoms with Gasteiger partial charge in [0, 0.05) is 32.4 Å². The number of hydrogen-bond acceptors (Lipinski definition) is 7. The van der Waals surface area contributed by atoms with E-state index in [4.69, 9.17) is 10.6 Å². The maximum Gasteiger partial charge on any atom is 0.410 e. The fourth-order valence-corrected chi connectivity index (χ4v) is 4.48. The third-order valence-corrected chi connectivity index (χ3v) is 6.35. The summed E-state index contributed by atoms with van der Waals surface area (Å²) in [6.07, 6.45) is 2.34. The molecule has 4 rings (SSSR count). The highest BCUT2D eigenvalue weighted by atomic mass is 19.1. The van der Waals surface area contributed by atoms with Crippen molar-refractivity contribution in [2.45, 2.75) is 57.7 Å². The molecule has 1 aliphatic heterocycles. The molecule has 1 aromatic carbocycles. The van der Waals surface area contributed by atoms with Crippen LogP contribution < -0.4 is 21.6 Å². The van der Waals surface area contributed by atoms with E-state index < -0.39 is 51.4 Å². The molecule has 4 N–H and O–H groups in total. The molecule has 1 saturated heterocycles. The second kappa shape index (κ2) is 8.67. The zero-order chi connectivity index (χ0) is 25.8. The van der Waals surface area contributed by atoms with Crippen LogP contribution in [0, 0.1) is 11.6 Å². The van der Waals surface area contributed by atoms with Crippen molar-refractivity contribution in [2.75, 3.05) is 30.5 Å². The first-order valence-electron chi connectivity index (χ1n) is 11.4. The van der Waals surface area contributed by atoms with Gasteiger partial charge in [0.15, 0.2) is 11.6 Å². The van der Waals surface area contributed by atoms with Gasteiger partial charge in [-0.15, -0.1) is 0 Å². The molecule has 1 unspecified atom stereocenters. The van der Waals surface area contributed by atoms with Crippen LogP contribution in [0.25, 0.3) is 10.9 Å². The van der Waals surface area contributed by atoms with Crippen molar-refractivity contribution < 1.29 is 28.2 Å². The van der Waals surface area contributed by atoms with Gasteiger partial charge in [0.25, 0.3) is 0 Å². The summed E-state index contributed by atoms with van der Waals surface area (Å²) in [6, 6.07) is -0.576. The van der Waals surface area contributed by atoms with Crippen molar-refractivity contribution in [1.82, 2.24) is 9.47 Å². The fraction of sp³-hybridized carbons (Fsp3) is 0.522. The minimum absolute atomic E-state index is 0.125. The Morgan fingerprint density at radius 3 is 2.43 bits per heavy atom. The number of nitrogens with zero attached hydrogens (tertiary/aromatic N) is 3. The number of ether oxygens (including phenoxy) is 1. The number of benzene rings is 1. The lowest BCUT2D eigenvalue weighted by molar-refractivity contribution is 0.0237. The van der Waals surface area contributed by atoms with Crippen LogP contribution in [0.2, 0.25) is 0 Å². The molecule has 0 radical (unpaired) electrons. The van der Waals surface area contributed by atoms with E-state index in [1.807, 2.05) is 0 Å². The van der Waals surface area contributed by atoms with Gasteiger partial charge in [-0.2, -0.15) is 0 Å². The van der Waals surface area contributed by atoms with Gasteiger partial charge in [-0.3, -0.25) is 10.6 Å². The molecule has 2 aliphatic rings. The van der Waals surface area contributed by atoms with Crippen LogP contribution in [-0.4, -0.2) is 58.4 Å². The van der Waals surface area contributed by atoms with Crippen molar-refractivity contribution in [3.63, 3.8) is 0 Å². The van der Waals surface area contributed by atoms with E-state index in [1.54, 1.807) is 27.8 Å². The van der Waals surface area contributed by atoms with Crippen LogP contribution in [0.15, 0.2) is 11.0 Å². The number of likely N-dealkylation sites (N-methyl/N-ethyl adjacent to an activating group) is 1. The third kappa shape index (κ3) is 4.38. The van der Waals surface area contributed by atoms with Gasteiger partial charge in [0.05, 0.1) is 16.9 Å². The predicted octanol–water partition coefficient (Wildman–Crippen LogP) is 3.04. The Bertz CT molecular complexity index is 1270. The minimum atomic E-state index is -1.49. The van der Waals surface area contributed by atoms with E-state index >= 15 is 8.78 Å². The molecule has 1 aliphatic carbocycles. The Morgan fingerprint density at radius 2 is 1.89 bits per heavy atom. The summed E-state index contributed by atoms with van der Waals surface area (Å²) >= 11 is 0. The number of aromatic carboxylic acids is 1. The number of carbonyl (C=O) groups excluding carboxylic acids is 1. The number of hydrazine groups is 1. The van der Waals surface area contributed by atoms with Crippen LogP contribution in [0.3, 0.4) is 0 Å². The highest BCUT2D eigenvalue weighted by Crippen LogP contribution is 2.42. The minimum Gasteiger partial charge on any atom is -0.477 e. The molecule has 12 heteroatoms. The van der Waals surface area contributed by atoms with Crippen LogP contribution in [0.5, 0.6) is 0 Å². The first-order valence-corrected chi connectivity index (χ1v) is 11.4. The number of nitrogens with two attached hydrogens (primary N) is 1. The number of carboxylic acids is 1. The highest BCUT2D eigenvalue weighted by molar-refractivity contribution is 6.00. The van der Waals surface area contributed by atoms with Crippen molar-refractivity contribution >= 4 is 34.3 Å². The summed E-state index contributed by atoms with van der Waals surface area (Å²) in [4.78, 5) is 39.9. The molecule has 2 aromatic rings. The molecule has 190 valence electrons. The van der Waals surface area contributed by atoms with E-state index in [0.29, 0.717) is 19.3 Å². The average Bonchev–Trinajstić information content (AvgIpc) is 3.50. The SMILES string of the molecule is CN(C(=O)OC(C)(C)C)C1CCN(c2c(F)c(NN)c3c(=O)c(C(=O)O)cn(C4CC4)c3c2F)C1. The van der Waals surface area contributed by atoms with E-state index in [0.717, 1.165) is 6.20 Å². The molecule has 1 atom stereocenters. The molecule has 1 aromatic heterocycles. The Kier molecular flexibility index (Phi) is 6.12. The van der Waals surface area contributed by atoms with Crippen molar-refractivity contribution in [3.8, 4) is 0 Å². The number of fused-ring (bicyclic) bond motifs is 1. The van der Waals surface area contributed by atoms with Crippen LogP contribution in [-0.2, 0) is 4.74 Å². The second-order valence-electron chi connectivity index (χ2n) is 10.0. The molecule has 0 bridgehead atoms. The van der Waals surface area contributed by atoms with E-state index in [2.05, 4.69) is 5.43 Å². The van der Waals surface area contributed by atoms with Gasteiger partial charge >= 0.3 is 12.1 Å². The number of pyridine rings is 1. The maximum atomic E-state index is 16.0. The van der Waals surface area contributed by atoms with Crippen LogP contribution >= 0.6 is 0 Å². The maximum absolute atomic E-state index is 16.0. The Labute approximate surface area is 200 Å². The standard InChI is InChI=1S/C23H29F2N5O5/c1-23(2,3)35-22(34)28(4)12-7-8-29(9-12)19-15(24)17(27-26)14-18(16(19)25)30(11-5-6-11)10-13(20(14)31)21(32)33/h10-12,27H,5-9,26H2,1-4H3,(H,32,33). The Balaban J connectivity index is 1.81. The number of hydrogen-bond donors (Lipinski definition) is 3. The van der Waals surface area contributed by atoms with Crippen molar-refractivity contribution in [2.24, 2.45) is 5.84 Å². The molecule has 1 amide bonds. The summed E-state index contributed by atoms with van der Waals surface area (Å²) < 4.78 is 38.5. The summed E-state index contributed by atoms with van der Waals surface area (Å²) in [6.45, 7) is 5.60. The van der Waals surface area contributed by atoms with Gasteiger partial charge in [-0.25, -0.2) is 18.4 Å². The normalized spacial score (nSPS) is 18.1. The lowest BCUT2D eigenvalue weighted by Gasteiger charge is -2.29. The number of nitrogen functional groups attached to an aromatic ring is 1. The van der Waals surface area contributed by atoms with Crippen LogP contribution in [0.4, 0.5) is 25.0 Å². The monoisotopic (exact) mass is 493 g/mol. The summed E-state index contributed by atoms with van der Waals surface area (Å²) in [5.74, 6) is 1.98. The first-order chi connectivity index (χ1) is 16.4. The lowest BCUT2D eigenvalue weighted by Crippen LogP contribution is -2.42. The number of halogens is 2. The molecule has 2 heterocycles. The number of nitrogens with one attached hydrogen (secondary N) is 1. The number of rotatable bonds is 5. The first kappa shape index (κ1) is 24.7. The lowest BCUT2D eigenvalue weighted by atomic mass is 10.1.